The fourth-order valence-corrected chi connectivity index (χ4v) is 2.42. The first-order valence-corrected chi connectivity index (χ1v) is 6.92. The number of fused-ring (bicyclic) bond motifs is 1. The van der Waals surface area contributed by atoms with E-state index in [2.05, 4.69) is 11.4 Å². The SMILES string of the molecule is O=C(CCOc1cccc2c1CCCC2)NCCO. The van der Waals surface area contributed by atoms with E-state index in [4.69, 9.17) is 9.84 Å². The monoisotopic (exact) mass is 263 g/mol. The van der Waals surface area contributed by atoms with Gasteiger partial charge in [-0.05, 0) is 42.9 Å². The minimum atomic E-state index is -0.0844. The van der Waals surface area contributed by atoms with E-state index in [9.17, 15) is 4.79 Å². The van der Waals surface area contributed by atoms with Gasteiger partial charge in [0, 0.05) is 6.54 Å². The van der Waals surface area contributed by atoms with E-state index in [1.807, 2.05) is 12.1 Å². The number of nitrogens with one attached hydrogen (secondary N) is 1. The molecule has 4 nitrogen and oxygen atoms in total. The van der Waals surface area contributed by atoms with Gasteiger partial charge in [-0.25, -0.2) is 0 Å². The van der Waals surface area contributed by atoms with Gasteiger partial charge in [0.05, 0.1) is 19.6 Å². The lowest BCUT2D eigenvalue weighted by molar-refractivity contribution is -0.121. The number of carbonyl (C=O) groups excluding carboxylic acids is 1. The Bertz CT molecular complexity index is 431. The number of amides is 1. The number of ether oxygens (including phenoxy) is 1. The van der Waals surface area contributed by atoms with Crippen LogP contribution >= 0.6 is 0 Å². The zero-order chi connectivity index (χ0) is 13.5. The van der Waals surface area contributed by atoms with Gasteiger partial charge in [-0.2, -0.15) is 0 Å². The highest BCUT2D eigenvalue weighted by Crippen LogP contribution is 2.29. The molecule has 0 radical (unpaired) electrons. The van der Waals surface area contributed by atoms with Gasteiger partial charge in [-0.3, -0.25) is 4.79 Å². The van der Waals surface area contributed by atoms with Gasteiger partial charge in [0.15, 0.2) is 0 Å². The fourth-order valence-electron chi connectivity index (χ4n) is 2.42. The standard InChI is InChI=1S/C15H21NO3/c17-10-9-16-15(18)8-11-19-14-7-3-5-12-4-1-2-6-13(12)14/h3,5,7,17H,1-2,4,6,8-11H2,(H,16,18). The molecule has 0 spiro atoms. The molecule has 1 aliphatic carbocycles. The first-order chi connectivity index (χ1) is 9.31. The minimum Gasteiger partial charge on any atom is -0.493 e. The van der Waals surface area contributed by atoms with Crippen molar-refractivity contribution < 1.29 is 14.6 Å². The third kappa shape index (κ3) is 3.96. The summed E-state index contributed by atoms with van der Waals surface area (Å²) in [4.78, 5) is 11.4. The highest BCUT2D eigenvalue weighted by molar-refractivity contribution is 5.75. The number of benzene rings is 1. The molecule has 0 aromatic heterocycles. The summed E-state index contributed by atoms with van der Waals surface area (Å²) in [6, 6.07) is 6.16. The second-order valence-electron chi connectivity index (χ2n) is 4.77. The Balaban J connectivity index is 1.84. The highest BCUT2D eigenvalue weighted by Gasteiger charge is 2.13. The molecule has 19 heavy (non-hydrogen) atoms. The molecule has 1 amide bonds. The van der Waals surface area contributed by atoms with E-state index in [0.29, 0.717) is 19.6 Å². The van der Waals surface area contributed by atoms with Gasteiger partial charge in [-0.15, -0.1) is 0 Å². The fraction of sp³-hybridized carbons (Fsp3) is 0.533. The number of hydrogen-bond donors (Lipinski definition) is 2. The van der Waals surface area contributed by atoms with Gasteiger partial charge in [0.1, 0.15) is 5.75 Å². The quantitative estimate of drug-likeness (QED) is 0.816. The van der Waals surface area contributed by atoms with Crippen LogP contribution in [0.4, 0.5) is 0 Å². The van der Waals surface area contributed by atoms with Crippen molar-refractivity contribution in [2.45, 2.75) is 32.1 Å². The Morgan fingerprint density at radius 3 is 3.00 bits per heavy atom. The number of aryl methyl sites for hydroxylation is 1. The van der Waals surface area contributed by atoms with Crippen molar-refractivity contribution in [3.63, 3.8) is 0 Å². The molecule has 2 rings (SSSR count). The van der Waals surface area contributed by atoms with Crippen molar-refractivity contribution in [2.75, 3.05) is 19.8 Å². The minimum absolute atomic E-state index is 0.0290. The summed E-state index contributed by atoms with van der Waals surface area (Å²) in [7, 11) is 0. The summed E-state index contributed by atoms with van der Waals surface area (Å²) in [5, 5.41) is 11.2. The van der Waals surface area contributed by atoms with Crippen molar-refractivity contribution in [3.05, 3.63) is 29.3 Å². The molecule has 0 saturated carbocycles. The second-order valence-corrected chi connectivity index (χ2v) is 4.77. The van der Waals surface area contributed by atoms with Crippen LogP contribution in [0.3, 0.4) is 0 Å². The summed E-state index contributed by atoms with van der Waals surface area (Å²) in [6.07, 6.45) is 4.99. The normalized spacial score (nSPS) is 13.7. The van der Waals surface area contributed by atoms with Crippen molar-refractivity contribution >= 4 is 5.91 Å². The van der Waals surface area contributed by atoms with Crippen LogP contribution in [-0.4, -0.2) is 30.8 Å². The van der Waals surface area contributed by atoms with Crippen LogP contribution < -0.4 is 10.1 Å². The molecule has 0 bridgehead atoms. The first-order valence-electron chi connectivity index (χ1n) is 6.92. The predicted molar refractivity (Wildman–Crippen MR) is 73.3 cm³/mol. The molecular weight excluding hydrogens is 242 g/mol. The second kappa shape index (κ2) is 7.14. The molecular formula is C15H21NO3. The molecule has 4 heteroatoms. The molecule has 1 aliphatic rings. The van der Waals surface area contributed by atoms with Crippen LogP contribution in [0.5, 0.6) is 5.75 Å². The van der Waals surface area contributed by atoms with Crippen LogP contribution in [0.1, 0.15) is 30.4 Å². The average molecular weight is 263 g/mol. The summed E-state index contributed by atoms with van der Waals surface area (Å²) in [5.41, 5.74) is 2.69. The lowest BCUT2D eigenvalue weighted by Gasteiger charge is -2.19. The molecule has 2 N–H and O–H groups in total. The molecule has 0 aliphatic heterocycles. The maximum Gasteiger partial charge on any atom is 0.223 e. The maximum absolute atomic E-state index is 11.4. The molecule has 1 aromatic rings. The number of aliphatic hydroxyl groups is 1. The number of hydrogen-bond acceptors (Lipinski definition) is 3. The van der Waals surface area contributed by atoms with E-state index in [0.717, 1.165) is 18.6 Å². The van der Waals surface area contributed by atoms with E-state index < -0.39 is 0 Å². The van der Waals surface area contributed by atoms with Crippen LogP contribution in [0, 0.1) is 0 Å². The Labute approximate surface area is 113 Å². The number of aliphatic hydroxyl groups excluding tert-OH is 1. The van der Waals surface area contributed by atoms with Crippen LogP contribution in [0.25, 0.3) is 0 Å². The third-order valence-electron chi connectivity index (χ3n) is 3.37. The summed E-state index contributed by atoms with van der Waals surface area (Å²) < 4.78 is 5.73. The Morgan fingerprint density at radius 2 is 2.16 bits per heavy atom. The van der Waals surface area contributed by atoms with Gasteiger partial charge in [0.2, 0.25) is 5.91 Å². The Kier molecular flexibility index (Phi) is 5.21. The van der Waals surface area contributed by atoms with Gasteiger partial charge in [0.25, 0.3) is 0 Å². The molecule has 0 atom stereocenters. The Hall–Kier alpha value is -1.55. The first kappa shape index (κ1) is 13.9. The Morgan fingerprint density at radius 1 is 1.32 bits per heavy atom. The maximum atomic E-state index is 11.4. The topological polar surface area (TPSA) is 58.6 Å². The third-order valence-corrected chi connectivity index (χ3v) is 3.37. The molecule has 0 heterocycles. The van der Waals surface area contributed by atoms with E-state index in [-0.39, 0.29) is 12.5 Å². The molecule has 0 unspecified atom stereocenters. The number of rotatable bonds is 6. The zero-order valence-electron chi connectivity index (χ0n) is 11.2. The van der Waals surface area contributed by atoms with Crippen LogP contribution in [-0.2, 0) is 17.6 Å². The van der Waals surface area contributed by atoms with Gasteiger partial charge in [-0.1, -0.05) is 12.1 Å². The van der Waals surface area contributed by atoms with Crippen molar-refractivity contribution in [2.24, 2.45) is 0 Å². The van der Waals surface area contributed by atoms with Crippen molar-refractivity contribution in [1.82, 2.24) is 5.32 Å². The van der Waals surface area contributed by atoms with E-state index in [1.54, 1.807) is 0 Å². The molecule has 1 aromatic carbocycles. The predicted octanol–water partition coefficient (Wildman–Crippen LogP) is 1.44. The average Bonchev–Trinajstić information content (AvgIpc) is 2.45. The lowest BCUT2D eigenvalue weighted by atomic mass is 9.91. The van der Waals surface area contributed by atoms with Gasteiger partial charge < -0.3 is 15.2 Å². The smallest absolute Gasteiger partial charge is 0.223 e. The zero-order valence-corrected chi connectivity index (χ0v) is 11.2. The van der Waals surface area contributed by atoms with Crippen LogP contribution in [0.2, 0.25) is 0 Å². The lowest BCUT2D eigenvalue weighted by Crippen LogP contribution is -2.27. The number of carbonyl (C=O) groups is 1. The highest BCUT2D eigenvalue weighted by atomic mass is 16.5. The van der Waals surface area contributed by atoms with Crippen LogP contribution in [0.15, 0.2) is 18.2 Å². The van der Waals surface area contributed by atoms with E-state index in [1.165, 1.54) is 24.0 Å². The summed E-state index contributed by atoms with van der Waals surface area (Å²) in [6.45, 7) is 0.659. The summed E-state index contributed by atoms with van der Waals surface area (Å²) in [5.74, 6) is 0.839. The van der Waals surface area contributed by atoms with Gasteiger partial charge >= 0.3 is 0 Å². The van der Waals surface area contributed by atoms with Crippen molar-refractivity contribution in [1.29, 1.82) is 0 Å². The summed E-state index contributed by atoms with van der Waals surface area (Å²) >= 11 is 0. The van der Waals surface area contributed by atoms with E-state index >= 15 is 0 Å². The largest absolute Gasteiger partial charge is 0.493 e. The molecule has 0 saturated heterocycles. The molecule has 104 valence electrons. The molecule has 0 fully saturated rings. The van der Waals surface area contributed by atoms with Crippen molar-refractivity contribution in [3.8, 4) is 5.75 Å².